The highest BCUT2D eigenvalue weighted by atomic mass is 32.2. The molecule has 32 heavy (non-hydrogen) atoms. The van der Waals surface area contributed by atoms with Crippen molar-refractivity contribution < 1.29 is 18.1 Å². The minimum atomic E-state index is -1.01. The van der Waals surface area contributed by atoms with Crippen LogP contribution >= 0.6 is 11.8 Å². The first-order valence-corrected chi connectivity index (χ1v) is 11.1. The van der Waals surface area contributed by atoms with Crippen molar-refractivity contribution in [2.45, 2.75) is 24.3 Å². The number of benzene rings is 2. The fourth-order valence-electron chi connectivity index (χ4n) is 3.79. The van der Waals surface area contributed by atoms with Crippen LogP contribution in [-0.2, 0) is 10.5 Å². The Bertz CT molecular complexity index is 1160. The summed E-state index contributed by atoms with van der Waals surface area (Å²) in [6, 6.07) is 11.2. The number of hydrazine groups is 1. The van der Waals surface area contributed by atoms with Crippen LogP contribution in [0.4, 0.5) is 14.5 Å². The van der Waals surface area contributed by atoms with Gasteiger partial charge in [-0.2, -0.15) is 4.98 Å². The number of halogens is 2. The van der Waals surface area contributed by atoms with Crippen molar-refractivity contribution in [2.24, 2.45) is 5.92 Å². The van der Waals surface area contributed by atoms with Gasteiger partial charge in [-0.05, 0) is 25.1 Å². The molecular weight excluding hydrogens is 438 g/mol. The third kappa shape index (κ3) is 3.99. The fraction of sp³-hybridized carbons (Fsp3) is 0.286. The second kappa shape index (κ2) is 8.58. The van der Waals surface area contributed by atoms with Gasteiger partial charge in [0.25, 0.3) is 0 Å². The maximum absolute atomic E-state index is 13.9. The topological polar surface area (TPSA) is 95.3 Å². The van der Waals surface area contributed by atoms with Crippen LogP contribution in [0.1, 0.15) is 11.5 Å². The lowest BCUT2D eigenvalue weighted by Gasteiger charge is -2.41. The molecule has 0 saturated carbocycles. The minimum absolute atomic E-state index is 0.194. The van der Waals surface area contributed by atoms with Crippen LogP contribution in [0.25, 0.3) is 11.4 Å². The first-order valence-electron chi connectivity index (χ1n) is 10.0. The molecule has 1 aromatic heterocycles. The van der Waals surface area contributed by atoms with E-state index in [9.17, 15) is 13.6 Å². The number of fused-ring (bicyclic) bond motifs is 1. The zero-order chi connectivity index (χ0) is 22.2. The molecule has 0 bridgehead atoms. The van der Waals surface area contributed by atoms with E-state index in [1.165, 1.54) is 22.7 Å². The Balaban J connectivity index is 1.37. The summed E-state index contributed by atoms with van der Waals surface area (Å²) in [6.45, 7) is 2.41. The highest BCUT2D eigenvalue weighted by molar-refractivity contribution is 7.99. The number of aryl methyl sites for hydroxylation is 1. The van der Waals surface area contributed by atoms with Crippen LogP contribution < -0.4 is 21.1 Å². The number of nitrogens with one attached hydrogen (secondary N) is 3. The van der Waals surface area contributed by atoms with Crippen LogP contribution in [0.15, 0.2) is 47.0 Å². The molecule has 2 saturated heterocycles. The van der Waals surface area contributed by atoms with Crippen LogP contribution in [0.5, 0.6) is 0 Å². The number of amides is 1. The van der Waals surface area contributed by atoms with E-state index in [0.29, 0.717) is 24.0 Å². The summed E-state index contributed by atoms with van der Waals surface area (Å²) in [4.78, 5) is 19.1. The Hall–Kier alpha value is -2.86. The van der Waals surface area contributed by atoms with Gasteiger partial charge in [-0.3, -0.25) is 20.4 Å². The number of carbonyl (C=O) groups excluding carboxylic acids is 1. The van der Waals surface area contributed by atoms with E-state index in [1.807, 2.05) is 31.2 Å². The van der Waals surface area contributed by atoms with Crippen LogP contribution in [0.3, 0.4) is 0 Å². The van der Waals surface area contributed by atoms with Gasteiger partial charge in [0.15, 0.2) is 11.6 Å². The molecule has 0 spiro atoms. The number of hydrogen-bond acceptors (Lipinski definition) is 8. The van der Waals surface area contributed by atoms with Crippen molar-refractivity contribution in [2.75, 3.05) is 11.4 Å². The molecular formula is C21H20F2N6O2S. The van der Waals surface area contributed by atoms with Crippen molar-refractivity contribution in [3.05, 3.63) is 65.6 Å². The highest BCUT2D eigenvalue weighted by Gasteiger charge is 2.45. The number of hydrogen-bond donors (Lipinski definition) is 3. The van der Waals surface area contributed by atoms with Crippen molar-refractivity contribution in [1.29, 1.82) is 0 Å². The Morgan fingerprint density at radius 3 is 2.91 bits per heavy atom. The number of carbonyl (C=O) groups is 1. The molecule has 2 fully saturated rings. The van der Waals surface area contributed by atoms with E-state index in [-0.39, 0.29) is 23.7 Å². The van der Waals surface area contributed by atoms with Gasteiger partial charge in [-0.25, -0.2) is 14.2 Å². The maximum Gasteiger partial charge on any atom is 0.237 e. The fourth-order valence-corrected chi connectivity index (χ4v) is 4.83. The molecule has 3 aromatic rings. The second-order valence-corrected chi connectivity index (χ2v) is 8.70. The summed E-state index contributed by atoms with van der Waals surface area (Å²) in [5, 5.41) is 7.38. The van der Waals surface area contributed by atoms with Gasteiger partial charge >= 0.3 is 0 Å². The quantitative estimate of drug-likeness (QED) is 0.537. The lowest BCUT2D eigenvalue weighted by Crippen LogP contribution is -2.64. The Kier molecular flexibility index (Phi) is 5.64. The van der Waals surface area contributed by atoms with E-state index in [2.05, 4.69) is 26.3 Å². The molecule has 0 radical (unpaired) electrons. The summed E-state index contributed by atoms with van der Waals surface area (Å²) >= 11 is 1.34. The molecule has 3 unspecified atom stereocenters. The molecule has 0 aliphatic carbocycles. The third-order valence-electron chi connectivity index (χ3n) is 5.38. The molecule has 2 aliphatic heterocycles. The van der Waals surface area contributed by atoms with Crippen molar-refractivity contribution in [3.63, 3.8) is 0 Å². The Labute approximate surface area is 186 Å². The van der Waals surface area contributed by atoms with E-state index in [4.69, 9.17) is 4.52 Å². The smallest absolute Gasteiger partial charge is 0.237 e. The molecule has 8 nitrogen and oxygen atoms in total. The second-order valence-electron chi connectivity index (χ2n) is 7.63. The van der Waals surface area contributed by atoms with Gasteiger partial charge in [-0.15, -0.1) is 11.8 Å². The number of nitrogens with zero attached hydrogens (tertiary/aromatic N) is 3. The average Bonchev–Trinajstić information content (AvgIpc) is 3.44. The molecule has 3 heterocycles. The number of thioether (sulfide) groups is 1. The van der Waals surface area contributed by atoms with Crippen molar-refractivity contribution >= 4 is 23.4 Å². The lowest BCUT2D eigenvalue weighted by molar-refractivity contribution is -0.124. The molecule has 5 rings (SSSR count). The first-order chi connectivity index (χ1) is 15.5. The van der Waals surface area contributed by atoms with Crippen LogP contribution in [0.2, 0.25) is 0 Å². The third-order valence-corrected chi connectivity index (χ3v) is 6.46. The SMILES string of the molecule is Cc1cccc(-c2noc(CSC3NC4NNCC4C(=O)N3c3ccc(F)c(F)c3)n2)c1. The molecule has 2 aromatic carbocycles. The van der Waals surface area contributed by atoms with Crippen LogP contribution in [0, 0.1) is 24.5 Å². The van der Waals surface area contributed by atoms with E-state index < -0.39 is 17.1 Å². The van der Waals surface area contributed by atoms with E-state index in [0.717, 1.165) is 23.3 Å². The lowest BCUT2D eigenvalue weighted by atomic mass is 10.0. The van der Waals surface area contributed by atoms with Crippen molar-refractivity contribution in [1.82, 2.24) is 26.3 Å². The Morgan fingerprint density at radius 2 is 2.09 bits per heavy atom. The highest BCUT2D eigenvalue weighted by Crippen LogP contribution is 2.32. The van der Waals surface area contributed by atoms with Crippen LogP contribution in [-0.4, -0.2) is 34.3 Å². The summed E-state index contributed by atoms with van der Waals surface area (Å²) in [6.07, 6.45) is -0.285. The van der Waals surface area contributed by atoms with Gasteiger partial charge < -0.3 is 4.52 Å². The predicted molar refractivity (Wildman–Crippen MR) is 115 cm³/mol. The zero-order valence-corrected chi connectivity index (χ0v) is 17.8. The van der Waals surface area contributed by atoms with E-state index in [1.54, 1.807) is 0 Å². The first kappa shape index (κ1) is 21.0. The molecule has 3 N–H and O–H groups in total. The molecule has 3 atom stereocenters. The summed E-state index contributed by atoms with van der Waals surface area (Å²) in [5.41, 5.74) is 7.65. The van der Waals surface area contributed by atoms with Gasteiger partial charge in [0, 0.05) is 23.9 Å². The standard InChI is InChI=1S/C21H20F2N6O2S/c1-11-3-2-4-12(7-11)18-25-17(31-28-18)10-32-21-26-19-14(9-24-27-19)20(30)29(21)13-5-6-15(22)16(23)8-13/h2-8,14,19,21,24,26-27H,9-10H2,1H3. The monoisotopic (exact) mass is 458 g/mol. The normalized spacial score (nSPS) is 22.9. The zero-order valence-electron chi connectivity index (χ0n) is 17.0. The maximum atomic E-state index is 13.9. The number of anilines is 1. The Morgan fingerprint density at radius 1 is 1.22 bits per heavy atom. The minimum Gasteiger partial charge on any atom is -0.338 e. The van der Waals surface area contributed by atoms with Gasteiger partial charge in [-0.1, -0.05) is 28.9 Å². The van der Waals surface area contributed by atoms with Gasteiger partial charge in [0.1, 0.15) is 5.50 Å². The van der Waals surface area contributed by atoms with Gasteiger partial charge in [0.05, 0.1) is 17.8 Å². The largest absolute Gasteiger partial charge is 0.338 e. The summed E-state index contributed by atoms with van der Waals surface area (Å²) in [5.74, 6) is -1.36. The van der Waals surface area contributed by atoms with Crippen molar-refractivity contribution in [3.8, 4) is 11.4 Å². The average molecular weight is 458 g/mol. The molecule has 2 aliphatic rings. The molecule has 1 amide bonds. The summed E-state index contributed by atoms with van der Waals surface area (Å²) < 4.78 is 32.8. The number of rotatable bonds is 5. The molecule has 166 valence electrons. The van der Waals surface area contributed by atoms with Gasteiger partial charge in [0.2, 0.25) is 17.6 Å². The van der Waals surface area contributed by atoms with E-state index >= 15 is 0 Å². The predicted octanol–water partition coefficient (Wildman–Crippen LogP) is 2.53. The summed E-state index contributed by atoms with van der Waals surface area (Å²) in [7, 11) is 0. The molecule has 11 heteroatoms. The number of aromatic nitrogens is 2.